The maximum atomic E-state index is 12.1. The molecule has 1 aromatic carbocycles. The summed E-state index contributed by atoms with van der Waals surface area (Å²) in [6.45, 7) is 1.58. The van der Waals surface area contributed by atoms with Gasteiger partial charge < -0.3 is 20.5 Å². The van der Waals surface area contributed by atoms with Crippen LogP contribution in [0.15, 0.2) is 22.7 Å². The van der Waals surface area contributed by atoms with E-state index in [1.165, 1.54) is 0 Å². The summed E-state index contributed by atoms with van der Waals surface area (Å²) in [5, 5.41) is 2.87. The maximum absolute atomic E-state index is 12.1. The fraction of sp³-hybridized carbons (Fsp3) is 0.462. The van der Waals surface area contributed by atoms with E-state index in [9.17, 15) is 4.79 Å². The molecule has 1 aliphatic heterocycles. The summed E-state index contributed by atoms with van der Waals surface area (Å²) >= 11 is 3.32. The lowest BCUT2D eigenvalue weighted by molar-refractivity contribution is -0.0148. The molecule has 0 aromatic heterocycles. The van der Waals surface area contributed by atoms with E-state index >= 15 is 0 Å². The topological polar surface area (TPSA) is 73.6 Å². The summed E-state index contributed by atoms with van der Waals surface area (Å²) in [5.74, 6) is -0.178. The molecule has 0 radical (unpaired) electrons. The lowest BCUT2D eigenvalue weighted by Gasteiger charge is -2.26. The van der Waals surface area contributed by atoms with Crippen LogP contribution >= 0.6 is 15.9 Å². The van der Waals surface area contributed by atoms with Crippen molar-refractivity contribution in [3.05, 3.63) is 28.2 Å². The van der Waals surface area contributed by atoms with E-state index in [-0.39, 0.29) is 5.91 Å². The first kappa shape index (κ1) is 14.3. The molecule has 1 atom stereocenters. The number of hydrogen-bond acceptors (Lipinski definition) is 4. The molecule has 1 amide bonds. The largest absolute Gasteiger partial charge is 0.398 e. The average Bonchev–Trinajstić information content (AvgIpc) is 2.89. The van der Waals surface area contributed by atoms with Gasteiger partial charge in [0.05, 0.1) is 16.6 Å². The number of methoxy groups -OCH3 is 1. The Morgan fingerprint density at radius 1 is 1.63 bits per heavy atom. The van der Waals surface area contributed by atoms with Crippen LogP contribution in [0, 0.1) is 0 Å². The molecule has 0 saturated carbocycles. The van der Waals surface area contributed by atoms with Gasteiger partial charge in [0.25, 0.3) is 5.91 Å². The monoisotopic (exact) mass is 328 g/mol. The van der Waals surface area contributed by atoms with Gasteiger partial charge in [0.15, 0.2) is 0 Å². The van der Waals surface area contributed by atoms with Crippen molar-refractivity contribution in [1.82, 2.24) is 5.32 Å². The van der Waals surface area contributed by atoms with Crippen LogP contribution in [0.5, 0.6) is 0 Å². The molecule has 6 heteroatoms. The summed E-state index contributed by atoms with van der Waals surface area (Å²) < 4.78 is 11.4. The van der Waals surface area contributed by atoms with E-state index in [1.807, 2.05) is 0 Å². The Balaban J connectivity index is 2.03. The van der Waals surface area contributed by atoms with Gasteiger partial charge in [0, 0.05) is 32.4 Å². The molecule has 1 aliphatic rings. The Kier molecular flexibility index (Phi) is 4.44. The molecule has 1 unspecified atom stereocenters. The highest BCUT2D eigenvalue weighted by molar-refractivity contribution is 9.10. The third-order valence-electron chi connectivity index (χ3n) is 3.34. The summed E-state index contributed by atoms with van der Waals surface area (Å²) in [7, 11) is 1.64. The number of nitrogen functional groups attached to an aromatic ring is 1. The molecule has 19 heavy (non-hydrogen) atoms. The molecule has 3 N–H and O–H groups in total. The first-order valence-corrected chi connectivity index (χ1v) is 6.82. The van der Waals surface area contributed by atoms with Gasteiger partial charge in [-0.3, -0.25) is 4.79 Å². The number of nitrogens with one attached hydrogen (secondary N) is 1. The Morgan fingerprint density at radius 2 is 2.42 bits per heavy atom. The summed E-state index contributed by atoms with van der Waals surface area (Å²) in [6, 6.07) is 5.21. The van der Waals surface area contributed by atoms with Gasteiger partial charge in [-0.05, 0) is 28.1 Å². The van der Waals surface area contributed by atoms with Crippen LogP contribution in [0.2, 0.25) is 0 Å². The Labute approximate surface area is 120 Å². The second-order valence-electron chi connectivity index (χ2n) is 4.58. The molecule has 5 nitrogen and oxygen atoms in total. The second-order valence-corrected chi connectivity index (χ2v) is 5.37. The number of carbonyl (C=O) groups excluding carboxylic acids is 1. The zero-order valence-electron chi connectivity index (χ0n) is 10.7. The highest BCUT2D eigenvalue weighted by atomic mass is 79.9. The standard InChI is InChI=1S/C13H17BrN2O3/c1-18-13(5-6-19-8-13)7-16-12(17)9-3-2-4-10(15)11(9)14/h2-4H,5-8,15H2,1H3,(H,16,17). The van der Waals surface area contributed by atoms with E-state index in [0.29, 0.717) is 35.5 Å². The number of ether oxygens (including phenoxy) is 2. The average molecular weight is 329 g/mol. The summed E-state index contributed by atoms with van der Waals surface area (Å²) in [4.78, 5) is 12.1. The zero-order valence-corrected chi connectivity index (χ0v) is 12.3. The lowest BCUT2D eigenvalue weighted by atomic mass is 10.0. The molecular formula is C13H17BrN2O3. The van der Waals surface area contributed by atoms with Crippen LogP contribution in [0.1, 0.15) is 16.8 Å². The van der Waals surface area contributed by atoms with E-state index in [0.717, 1.165) is 6.42 Å². The summed E-state index contributed by atoms with van der Waals surface area (Å²) in [5.41, 5.74) is 6.40. The molecule has 104 valence electrons. The van der Waals surface area contributed by atoms with Crippen molar-refractivity contribution < 1.29 is 14.3 Å². The van der Waals surface area contributed by atoms with E-state index < -0.39 is 5.60 Å². The van der Waals surface area contributed by atoms with Crippen molar-refractivity contribution >= 4 is 27.5 Å². The van der Waals surface area contributed by atoms with Crippen molar-refractivity contribution in [2.75, 3.05) is 32.6 Å². The number of nitrogens with two attached hydrogens (primary N) is 1. The van der Waals surface area contributed by atoms with Gasteiger partial charge >= 0.3 is 0 Å². The number of halogens is 1. The molecular weight excluding hydrogens is 312 g/mol. The van der Waals surface area contributed by atoms with Crippen molar-refractivity contribution in [2.45, 2.75) is 12.0 Å². The molecule has 1 heterocycles. The highest BCUT2D eigenvalue weighted by Crippen LogP contribution is 2.25. The van der Waals surface area contributed by atoms with Crippen LogP contribution in [0.25, 0.3) is 0 Å². The second kappa shape index (κ2) is 5.90. The van der Waals surface area contributed by atoms with E-state index in [2.05, 4.69) is 21.2 Å². The molecule has 0 bridgehead atoms. The van der Waals surface area contributed by atoms with Gasteiger partial charge in [0.1, 0.15) is 5.60 Å². The Bertz CT molecular complexity index is 473. The molecule has 0 spiro atoms. The van der Waals surface area contributed by atoms with Crippen molar-refractivity contribution in [3.8, 4) is 0 Å². The minimum Gasteiger partial charge on any atom is -0.398 e. The normalized spacial score (nSPS) is 22.4. The van der Waals surface area contributed by atoms with Gasteiger partial charge in [-0.25, -0.2) is 0 Å². The number of anilines is 1. The van der Waals surface area contributed by atoms with Crippen LogP contribution in [0.4, 0.5) is 5.69 Å². The molecule has 0 aliphatic carbocycles. The van der Waals surface area contributed by atoms with E-state index in [1.54, 1.807) is 25.3 Å². The van der Waals surface area contributed by atoms with Crippen LogP contribution in [0.3, 0.4) is 0 Å². The van der Waals surface area contributed by atoms with Crippen LogP contribution in [-0.4, -0.2) is 38.4 Å². The van der Waals surface area contributed by atoms with Crippen LogP contribution < -0.4 is 11.1 Å². The number of rotatable bonds is 4. The van der Waals surface area contributed by atoms with Gasteiger partial charge in [-0.15, -0.1) is 0 Å². The van der Waals surface area contributed by atoms with Gasteiger partial charge in [-0.2, -0.15) is 0 Å². The van der Waals surface area contributed by atoms with Gasteiger partial charge in [-0.1, -0.05) is 6.07 Å². The Hall–Kier alpha value is -1.11. The molecule has 1 fully saturated rings. The quantitative estimate of drug-likeness (QED) is 0.823. The fourth-order valence-corrected chi connectivity index (χ4v) is 2.47. The summed E-state index contributed by atoms with van der Waals surface area (Å²) in [6.07, 6.45) is 0.780. The maximum Gasteiger partial charge on any atom is 0.252 e. The minimum absolute atomic E-state index is 0.178. The predicted octanol–water partition coefficient (Wildman–Crippen LogP) is 1.57. The molecule has 2 rings (SSSR count). The third kappa shape index (κ3) is 3.08. The smallest absolute Gasteiger partial charge is 0.252 e. The van der Waals surface area contributed by atoms with Gasteiger partial charge in [0.2, 0.25) is 0 Å². The number of amides is 1. The van der Waals surface area contributed by atoms with Crippen molar-refractivity contribution in [3.63, 3.8) is 0 Å². The van der Waals surface area contributed by atoms with Crippen LogP contribution in [-0.2, 0) is 9.47 Å². The van der Waals surface area contributed by atoms with Crippen molar-refractivity contribution in [2.24, 2.45) is 0 Å². The number of carbonyl (C=O) groups is 1. The number of hydrogen-bond donors (Lipinski definition) is 2. The zero-order chi connectivity index (χ0) is 13.9. The van der Waals surface area contributed by atoms with Crippen molar-refractivity contribution in [1.29, 1.82) is 0 Å². The Morgan fingerprint density at radius 3 is 3.05 bits per heavy atom. The molecule has 1 saturated heterocycles. The first-order chi connectivity index (χ1) is 9.08. The first-order valence-electron chi connectivity index (χ1n) is 6.03. The SMILES string of the molecule is COC1(CNC(=O)c2cccc(N)c2Br)CCOC1. The third-order valence-corrected chi connectivity index (χ3v) is 4.23. The van der Waals surface area contributed by atoms with E-state index in [4.69, 9.17) is 15.2 Å². The highest BCUT2D eigenvalue weighted by Gasteiger charge is 2.35. The minimum atomic E-state index is -0.414. The fourth-order valence-electron chi connectivity index (χ4n) is 2.02. The number of benzene rings is 1. The predicted molar refractivity (Wildman–Crippen MR) is 76.1 cm³/mol. The lowest BCUT2D eigenvalue weighted by Crippen LogP contribution is -2.45. The molecule has 1 aromatic rings.